The van der Waals surface area contributed by atoms with Crippen LogP contribution < -0.4 is 5.32 Å². The fraction of sp³-hybridized carbons (Fsp3) is 0.333. The molecule has 0 aliphatic carbocycles. The number of aromatic nitrogens is 1. The number of nitrogens with one attached hydrogen (secondary N) is 1. The third-order valence-electron chi connectivity index (χ3n) is 2.13. The van der Waals surface area contributed by atoms with Crippen molar-refractivity contribution < 1.29 is 4.79 Å². The first kappa shape index (κ1) is 7.28. The van der Waals surface area contributed by atoms with Crippen molar-refractivity contribution in [1.82, 2.24) is 10.3 Å². The lowest BCUT2D eigenvalue weighted by Gasteiger charge is -2.04. The van der Waals surface area contributed by atoms with Gasteiger partial charge < -0.3 is 5.32 Å². The van der Waals surface area contributed by atoms with Gasteiger partial charge in [0, 0.05) is 31.3 Å². The SMILES string of the molecule is O=C1C[C@H](c2cccnc2)CN1. The van der Waals surface area contributed by atoms with E-state index >= 15 is 0 Å². The van der Waals surface area contributed by atoms with Gasteiger partial charge >= 0.3 is 0 Å². The van der Waals surface area contributed by atoms with Crippen LogP contribution >= 0.6 is 0 Å². The summed E-state index contributed by atoms with van der Waals surface area (Å²) in [6.45, 7) is 0.754. The van der Waals surface area contributed by atoms with Gasteiger partial charge in [0.1, 0.15) is 0 Å². The molecule has 12 heavy (non-hydrogen) atoms. The number of hydrogen-bond donors (Lipinski definition) is 1. The zero-order valence-corrected chi connectivity index (χ0v) is 6.66. The first-order chi connectivity index (χ1) is 5.86. The largest absolute Gasteiger partial charge is 0.355 e. The third kappa shape index (κ3) is 1.30. The Morgan fingerprint density at radius 3 is 3.08 bits per heavy atom. The van der Waals surface area contributed by atoms with E-state index in [0.29, 0.717) is 12.3 Å². The Balaban J connectivity index is 2.16. The Bertz CT molecular complexity index is 284. The number of carbonyl (C=O) groups excluding carboxylic acids is 1. The highest BCUT2D eigenvalue weighted by molar-refractivity contribution is 5.79. The van der Waals surface area contributed by atoms with Gasteiger partial charge in [0.05, 0.1) is 0 Å². The van der Waals surface area contributed by atoms with Gasteiger partial charge in [-0.15, -0.1) is 0 Å². The normalized spacial score (nSPS) is 22.3. The minimum absolute atomic E-state index is 0.142. The molecular formula is C9H10N2O. The molecule has 1 aliphatic heterocycles. The van der Waals surface area contributed by atoms with Crippen LogP contribution in [0.1, 0.15) is 17.9 Å². The van der Waals surface area contributed by atoms with Gasteiger partial charge in [0.15, 0.2) is 0 Å². The minimum atomic E-state index is 0.142. The molecule has 3 nitrogen and oxygen atoms in total. The number of amides is 1. The Labute approximate surface area is 70.8 Å². The molecule has 1 amide bonds. The second kappa shape index (κ2) is 2.93. The Hall–Kier alpha value is -1.38. The monoisotopic (exact) mass is 162 g/mol. The molecule has 0 bridgehead atoms. The number of hydrogen-bond acceptors (Lipinski definition) is 2. The summed E-state index contributed by atoms with van der Waals surface area (Å²) in [5.74, 6) is 0.468. The molecule has 1 aliphatic rings. The molecule has 1 N–H and O–H groups in total. The first-order valence-corrected chi connectivity index (χ1v) is 4.03. The van der Waals surface area contributed by atoms with Gasteiger partial charge in [-0.2, -0.15) is 0 Å². The highest BCUT2D eigenvalue weighted by atomic mass is 16.1. The molecular weight excluding hydrogens is 152 g/mol. The summed E-state index contributed by atoms with van der Waals surface area (Å²) in [5.41, 5.74) is 1.15. The average Bonchev–Trinajstić information content (AvgIpc) is 2.54. The van der Waals surface area contributed by atoms with Crippen LogP contribution in [0.5, 0.6) is 0 Å². The second-order valence-corrected chi connectivity index (χ2v) is 2.99. The predicted molar refractivity (Wildman–Crippen MR) is 44.6 cm³/mol. The van der Waals surface area contributed by atoms with E-state index in [4.69, 9.17) is 0 Å². The summed E-state index contributed by atoms with van der Waals surface area (Å²) in [6.07, 6.45) is 4.17. The number of carbonyl (C=O) groups is 1. The number of rotatable bonds is 1. The van der Waals surface area contributed by atoms with E-state index in [1.807, 2.05) is 18.3 Å². The van der Waals surface area contributed by atoms with Crippen LogP contribution in [0.25, 0.3) is 0 Å². The molecule has 3 heteroatoms. The van der Waals surface area contributed by atoms with E-state index < -0.39 is 0 Å². The van der Waals surface area contributed by atoms with Gasteiger partial charge in [-0.25, -0.2) is 0 Å². The maximum absolute atomic E-state index is 10.9. The summed E-state index contributed by atoms with van der Waals surface area (Å²) in [6, 6.07) is 3.91. The lowest BCUT2D eigenvalue weighted by atomic mass is 10.0. The van der Waals surface area contributed by atoms with Crippen molar-refractivity contribution in [3.05, 3.63) is 30.1 Å². The second-order valence-electron chi connectivity index (χ2n) is 2.99. The topological polar surface area (TPSA) is 42.0 Å². The Morgan fingerprint density at radius 2 is 2.50 bits per heavy atom. The summed E-state index contributed by atoms with van der Waals surface area (Å²) >= 11 is 0. The molecule has 1 atom stereocenters. The van der Waals surface area contributed by atoms with Gasteiger partial charge in [-0.1, -0.05) is 6.07 Å². The quantitative estimate of drug-likeness (QED) is 0.660. The number of pyridine rings is 1. The van der Waals surface area contributed by atoms with Crippen molar-refractivity contribution in [3.8, 4) is 0 Å². The molecule has 0 spiro atoms. The standard InChI is InChI=1S/C9H10N2O/c12-9-4-8(6-11-9)7-2-1-3-10-5-7/h1-3,5,8H,4,6H2,(H,11,12)/t8-/m0/s1. The molecule has 1 aromatic heterocycles. The van der Waals surface area contributed by atoms with E-state index in [2.05, 4.69) is 10.3 Å². The summed E-state index contributed by atoms with van der Waals surface area (Å²) in [4.78, 5) is 14.9. The van der Waals surface area contributed by atoms with Gasteiger partial charge in [0.2, 0.25) is 5.91 Å². The zero-order chi connectivity index (χ0) is 8.39. The smallest absolute Gasteiger partial charge is 0.220 e. The van der Waals surface area contributed by atoms with E-state index in [-0.39, 0.29) is 5.91 Å². The fourth-order valence-corrected chi connectivity index (χ4v) is 1.46. The molecule has 62 valence electrons. The van der Waals surface area contributed by atoms with Crippen LogP contribution in [0.3, 0.4) is 0 Å². The Morgan fingerprint density at radius 1 is 1.58 bits per heavy atom. The predicted octanol–water partition coefficient (Wildman–Crippen LogP) is 0.685. The highest BCUT2D eigenvalue weighted by Gasteiger charge is 2.22. The average molecular weight is 162 g/mol. The molecule has 1 fully saturated rings. The van der Waals surface area contributed by atoms with Crippen LogP contribution in [-0.2, 0) is 4.79 Å². The maximum atomic E-state index is 10.9. The van der Waals surface area contributed by atoms with E-state index in [9.17, 15) is 4.79 Å². The minimum Gasteiger partial charge on any atom is -0.355 e. The van der Waals surface area contributed by atoms with Crippen molar-refractivity contribution in [2.45, 2.75) is 12.3 Å². The summed E-state index contributed by atoms with van der Waals surface area (Å²) in [7, 11) is 0. The maximum Gasteiger partial charge on any atom is 0.220 e. The summed E-state index contributed by atoms with van der Waals surface area (Å²) in [5, 5.41) is 2.80. The van der Waals surface area contributed by atoms with Crippen molar-refractivity contribution in [3.63, 3.8) is 0 Å². The van der Waals surface area contributed by atoms with Crippen LogP contribution in [0.15, 0.2) is 24.5 Å². The lowest BCUT2D eigenvalue weighted by Crippen LogP contribution is -2.13. The molecule has 0 aromatic carbocycles. The third-order valence-corrected chi connectivity index (χ3v) is 2.13. The van der Waals surface area contributed by atoms with E-state index in [1.165, 1.54) is 0 Å². The van der Waals surface area contributed by atoms with Gasteiger partial charge in [0.25, 0.3) is 0 Å². The van der Waals surface area contributed by atoms with Crippen LogP contribution in [0, 0.1) is 0 Å². The van der Waals surface area contributed by atoms with E-state index in [1.54, 1.807) is 6.20 Å². The van der Waals surface area contributed by atoms with Gasteiger partial charge in [-0.3, -0.25) is 9.78 Å². The van der Waals surface area contributed by atoms with Crippen LogP contribution in [0.4, 0.5) is 0 Å². The Kier molecular flexibility index (Phi) is 1.78. The van der Waals surface area contributed by atoms with Crippen molar-refractivity contribution in [2.24, 2.45) is 0 Å². The molecule has 1 saturated heterocycles. The molecule has 0 radical (unpaired) electrons. The first-order valence-electron chi connectivity index (χ1n) is 4.03. The fourth-order valence-electron chi connectivity index (χ4n) is 1.46. The molecule has 0 unspecified atom stereocenters. The molecule has 0 saturated carbocycles. The molecule has 2 rings (SSSR count). The van der Waals surface area contributed by atoms with Crippen LogP contribution in [-0.4, -0.2) is 17.4 Å². The molecule has 1 aromatic rings. The van der Waals surface area contributed by atoms with E-state index in [0.717, 1.165) is 12.1 Å². The lowest BCUT2D eigenvalue weighted by molar-refractivity contribution is -0.119. The zero-order valence-electron chi connectivity index (χ0n) is 6.66. The van der Waals surface area contributed by atoms with Crippen LogP contribution in [0.2, 0.25) is 0 Å². The number of nitrogens with zero attached hydrogens (tertiary/aromatic N) is 1. The van der Waals surface area contributed by atoms with Crippen molar-refractivity contribution in [1.29, 1.82) is 0 Å². The van der Waals surface area contributed by atoms with Crippen molar-refractivity contribution >= 4 is 5.91 Å². The van der Waals surface area contributed by atoms with Gasteiger partial charge in [-0.05, 0) is 11.6 Å². The summed E-state index contributed by atoms with van der Waals surface area (Å²) < 4.78 is 0. The molecule has 2 heterocycles. The highest BCUT2D eigenvalue weighted by Crippen LogP contribution is 2.21. The van der Waals surface area contributed by atoms with Crippen molar-refractivity contribution in [2.75, 3.05) is 6.54 Å².